The fourth-order valence-corrected chi connectivity index (χ4v) is 5.85. The fourth-order valence-electron chi connectivity index (χ4n) is 5.85. The van der Waals surface area contributed by atoms with E-state index in [0.29, 0.717) is 5.71 Å². The SMILES string of the molecule is COC(=O)C(/C(C)=N/NC(N)=O)c1c(N2CCCCC2)cc(N2CCCCC2)cc1N1CCCCC1. The van der Waals surface area contributed by atoms with Crippen LogP contribution in [0.3, 0.4) is 0 Å². The summed E-state index contributed by atoms with van der Waals surface area (Å²) in [5.74, 6) is -1.13. The number of hydrazone groups is 1. The van der Waals surface area contributed by atoms with Crippen LogP contribution in [0, 0.1) is 0 Å². The van der Waals surface area contributed by atoms with Crippen LogP contribution < -0.4 is 25.9 Å². The number of methoxy groups -OCH3 is 1. The Bertz CT molecular complexity index is 908. The molecule has 1 aromatic carbocycles. The molecule has 0 spiro atoms. The van der Waals surface area contributed by atoms with Gasteiger partial charge >= 0.3 is 12.0 Å². The van der Waals surface area contributed by atoms with Gasteiger partial charge in [0.05, 0.1) is 12.8 Å². The van der Waals surface area contributed by atoms with Gasteiger partial charge in [-0.25, -0.2) is 10.2 Å². The number of rotatable bonds is 7. The second-order valence-corrected chi connectivity index (χ2v) is 10.2. The van der Waals surface area contributed by atoms with Gasteiger partial charge in [-0.05, 0) is 76.8 Å². The van der Waals surface area contributed by atoms with Crippen molar-refractivity contribution in [3.8, 4) is 0 Å². The van der Waals surface area contributed by atoms with E-state index in [2.05, 4.69) is 37.4 Å². The molecule has 0 aromatic heterocycles. The maximum absolute atomic E-state index is 13.4. The van der Waals surface area contributed by atoms with Crippen molar-refractivity contribution in [1.82, 2.24) is 5.43 Å². The van der Waals surface area contributed by atoms with Gasteiger partial charge in [0.1, 0.15) is 5.92 Å². The molecule has 1 atom stereocenters. The number of carbonyl (C=O) groups excluding carboxylic acids is 2. The lowest BCUT2D eigenvalue weighted by atomic mass is 9.88. The van der Waals surface area contributed by atoms with E-state index < -0.39 is 11.9 Å². The number of amides is 2. The Kier molecular flexibility index (Phi) is 8.93. The van der Waals surface area contributed by atoms with Gasteiger partial charge in [0.2, 0.25) is 0 Å². The van der Waals surface area contributed by atoms with Gasteiger partial charge in [-0.15, -0.1) is 0 Å². The lowest BCUT2D eigenvalue weighted by Crippen LogP contribution is -2.37. The van der Waals surface area contributed by atoms with E-state index in [4.69, 9.17) is 10.5 Å². The topological polar surface area (TPSA) is 103 Å². The molecule has 2 amide bonds. The van der Waals surface area contributed by atoms with Crippen molar-refractivity contribution in [2.24, 2.45) is 10.8 Å². The number of nitrogens with two attached hydrogens (primary N) is 1. The first kappa shape index (κ1) is 26.1. The number of carbonyl (C=O) groups is 2. The number of esters is 1. The van der Waals surface area contributed by atoms with Crippen LogP contribution in [0.2, 0.25) is 0 Å². The molecule has 4 rings (SSSR count). The Balaban J connectivity index is 1.91. The number of anilines is 3. The molecule has 1 aromatic rings. The van der Waals surface area contributed by atoms with E-state index in [9.17, 15) is 9.59 Å². The minimum Gasteiger partial charge on any atom is -0.468 e. The van der Waals surface area contributed by atoms with Gasteiger partial charge < -0.3 is 25.2 Å². The number of nitrogens with one attached hydrogen (secondary N) is 1. The monoisotopic (exact) mass is 498 g/mol. The summed E-state index contributed by atoms with van der Waals surface area (Å²) >= 11 is 0. The molecular formula is C27H42N6O3. The summed E-state index contributed by atoms with van der Waals surface area (Å²) in [5, 5.41) is 4.20. The summed E-state index contributed by atoms with van der Waals surface area (Å²) in [5.41, 5.74) is 12.4. The molecule has 0 saturated carbocycles. The molecule has 0 radical (unpaired) electrons. The number of primary amides is 1. The second-order valence-electron chi connectivity index (χ2n) is 10.2. The minimum atomic E-state index is -0.758. The molecule has 36 heavy (non-hydrogen) atoms. The number of hydrogen-bond acceptors (Lipinski definition) is 7. The quantitative estimate of drug-likeness (QED) is 0.335. The van der Waals surface area contributed by atoms with Crippen LogP contribution >= 0.6 is 0 Å². The van der Waals surface area contributed by atoms with Crippen LogP contribution in [0.15, 0.2) is 17.2 Å². The van der Waals surface area contributed by atoms with E-state index in [0.717, 1.165) is 81.9 Å². The van der Waals surface area contributed by atoms with E-state index >= 15 is 0 Å². The molecule has 1 unspecified atom stereocenters. The van der Waals surface area contributed by atoms with Crippen LogP contribution in [-0.4, -0.2) is 64.1 Å². The molecule has 198 valence electrons. The summed E-state index contributed by atoms with van der Waals surface area (Å²) in [6.45, 7) is 7.71. The highest BCUT2D eigenvalue weighted by Crippen LogP contribution is 2.43. The van der Waals surface area contributed by atoms with Crippen LogP contribution in [0.4, 0.5) is 21.9 Å². The molecule has 9 heteroatoms. The van der Waals surface area contributed by atoms with E-state index in [1.54, 1.807) is 6.92 Å². The summed E-state index contributed by atoms with van der Waals surface area (Å²) < 4.78 is 5.31. The van der Waals surface area contributed by atoms with Gasteiger partial charge in [-0.3, -0.25) is 4.79 Å². The predicted octanol–water partition coefficient (Wildman–Crippen LogP) is 3.96. The fraction of sp³-hybridized carbons (Fsp3) is 0.667. The van der Waals surface area contributed by atoms with Crippen LogP contribution in [0.25, 0.3) is 0 Å². The van der Waals surface area contributed by atoms with E-state index in [1.807, 2.05) is 0 Å². The zero-order valence-electron chi connectivity index (χ0n) is 21.9. The Morgan fingerprint density at radius 2 is 1.28 bits per heavy atom. The Morgan fingerprint density at radius 3 is 1.69 bits per heavy atom. The normalized spacial score (nSPS) is 20.2. The molecular weight excluding hydrogens is 456 g/mol. The Hall–Kier alpha value is -2.97. The lowest BCUT2D eigenvalue weighted by molar-refractivity contribution is -0.140. The molecule has 3 fully saturated rings. The molecule has 3 heterocycles. The number of hydrogen-bond donors (Lipinski definition) is 2. The average molecular weight is 499 g/mol. The highest BCUT2D eigenvalue weighted by Gasteiger charge is 2.35. The molecule has 9 nitrogen and oxygen atoms in total. The summed E-state index contributed by atoms with van der Waals surface area (Å²) in [6, 6.07) is 3.81. The number of ether oxygens (including phenoxy) is 1. The van der Waals surface area contributed by atoms with Crippen molar-refractivity contribution in [3.05, 3.63) is 17.7 Å². The van der Waals surface area contributed by atoms with Crippen molar-refractivity contribution >= 4 is 34.8 Å². The van der Waals surface area contributed by atoms with Crippen LogP contribution in [0.5, 0.6) is 0 Å². The van der Waals surface area contributed by atoms with Crippen molar-refractivity contribution in [1.29, 1.82) is 0 Å². The summed E-state index contributed by atoms with van der Waals surface area (Å²) in [7, 11) is 1.41. The highest BCUT2D eigenvalue weighted by atomic mass is 16.5. The van der Waals surface area contributed by atoms with E-state index in [1.165, 1.54) is 44.9 Å². The van der Waals surface area contributed by atoms with Gasteiger partial charge in [0.25, 0.3) is 0 Å². The molecule has 3 aliphatic rings. The maximum atomic E-state index is 13.4. The smallest absolute Gasteiger partial charge is 0.332 e. The lowest BCUT2D eigenvalue weighted by Gasteiger charge is -2.39. The first-order chi connectivity index (χ1) is 17.5. The van der Waals surface area contributed by atoms with E-state index in [-0.39, 0.29) is 5.97 Å². The third-order valence-electron chi connectivity index (χ3n) is 7.72. The third kappa shape index (κ3) is 6.05. The van der Waals surface area contributed by atoms with Gasteiger partial charge in [-0.2, -0.15) is 5.10 Å². The van der Waals surface area contributed by atoms with Crippen molar-refractivity contribution in [3.63, 3.8) is 0 Å². The largest absolute Gasteiger partial charge is 0.468 e. The van der Waals surface area contributed by atoms with Gasteiger partial charge in [0, 0.05) is 61.9 Å². The Labute approximate surface area is 215 Å². The predicted molar refractivity (Wildman–Crippen MR) is 145 cm³/mol. The Morgan fingerprint density at radius 1 is 0.833 bits per heavy atom. The van der Waals surface area contributed by atoms with Crippen LogP contribution in [0.1, 0.15) is 76.2 Å². The molecule has 3 saturated heterocycles. The van der Waals surface area contributed by atoms with Crippen molar-refractivity contribution < 1.29 is 14.3 Å². The number of urea groups is 1. The van der Waals surface area contributed by atoms with Gasteiger partial charge in [-0.1, -0.05) is 0 Å². The maximum Gasteiger partial charge on any atom is 0.332 e. The number of benzene rings is 1. The number of nitrogens with zero attached hydrogens (tertiary/aromatic N) is 4. The molecule has 0 bridgehead atoms. The second kappa shape index (κ2) is 12.3. The molecule has 3 N–H and O–H groups in total. The highest BCUT2D eigenvalue weighted by molar-refractivity contribution is 6.09. The third-order valence-corrected chi connectivity index (χ3v) is 7.72. The molecule has 0 aliphatic carbocycles. The van der Waals surface area contributed by atoms with Crippen molar-refractivity contribution in [2.75, 3.05) is 61.1 Å². The minimum absolute atomic E-state index is 0.384. The summed E-state index contributed by atoms with van der Waals surface area (Å²) in [4.78, 5) is 32.1. The van der Waals surface area contributed by atoms with Gasteiger partial charge in [0.15, 0.2) is 0 Å². The standard InChI is InChI=1S/C27H42N6O3/c1-20(29-30-27(28)35)24(26(34)36-2)25-22(32-14-8-4-9-15-32)18-21(31-12-6-3-7-13-31)19-23(25)33-16-10-5-11-17-33/h18-19,24H,3-17H2,1-2H3,(H3,28,30,35)/b29-20+. The van der Waals surface area contributed by atoms with Crippen molar-refractivity contribution in [2.45, 2.75) is 70.6 Å². The van der Waals surface area contributed by atoms with Crippen LogP contribution in [-0.2, 0) is 9.53 Å². The molecule has 3 aliphatic heterocycles. The number of piperidine rings is 3. The zero-order valence-corrected chi connectivity index (χ0v) is 21.9. The zero-order chi connectivity index (χ0) is 25.5. The first-order valence-electron chi connectivity index (χ1n) is 13.6. The summed E-state index contributed by atoms with van der Waals surface area (Å²) in [6.07, 6.45) is 10.7. The first-order valence-corrected chi connectivity index (χ1v) is 13.6. The average Bonchev–Trinajstić information content (AvgIpc) is 2.93.